The molecular formula is C7H10Na2O7S2. The Balaban J connectivity index is 0. The molecule has 0 atom stereocenters. The second-order valence-electron chi connectivity index (χ2n) is 2.88. The van der Waals surface area contributed by atoms with Gasteiger partial charge in [0.2, 0.25) is 0 Å². The summed E-state index contributed by atoms with van der Waals surface area (Å²) in [5, 5.41) is 8.79. The molecule has 0 aromatic heterocycles. The van der Waals surface area contributed by atoms with E-state index < -0.39 is 36.6 Å². The number of hydrogen-bond donors (Lipinski definition) is 3. The SMILES string of the molecule is O=S(=O)(O)c1ccc(CO)c(S(=O)(=O)O)c1.[NaH].[NaH]. The van der Waals surface area contributed by atoms with Crippen LogP contribution in [0.25, 0.3) is 0 Å². The molecule has 0 fully saturated rings. The normalized spacial score (nSPS) is 11.3. The van der Waals surface area contributed by atoms with Crippen molar-refractivity contribution in [1.29, 1.82) is 0 Å². The predicted molar refractivity (Wildman–Crippen MR) is 66.3 cm³/mol. The van der Waals surface area contributed by atoms with Crippen LogP contribution in [0.1, 0.15) is 5.56 Å². The zero-order valence-electron chi connectivity index (χ0n) is 7.73. The molecule has 18 heavy (non-hydrogen) atoms. The van der Waals surface area contributed by atoms with Gasteiger partial charge in [0.1, 0.15) is 4.90 Å². The van der Waals surface area contributed by atoms with Crippen molar-refractivity contribution < 1.29 is 31.0 Å². The van der Waals surface area contributed by atoms with Crippen LogP contribution in [0.5, 0.6) is 0 Å². The van der Waals surface area contributed by atoms with E-state index in [2.05, 4.69) is 0 Å². The first-order chi connectivity index (χ1) is 7.16. The predicted octanol–water partition coefficient (Wildman–Crippen LogP) is -1.62. The van der Waals surface area contributed by atoms with Crippen molar-refractivity contribution in [1.82, 2.24) is 0 Å². The molecule has 0 spiro atoms. The second kappa shape index (κ2) is 7.70. The summed E-state index contributed by atoms with van der Waals surface area (Å²) in [6.07, 6.45) is 0. The molecule has 1 rings (SSSR count). The maximum atomic E-state index is 10.9. The molecular weight excluding hydrogens is 306 g/mol. The van der Waals surface area contributed by atoms with Gasteiger partial charge in [-0.15, -0.1) is 0 Å². The third-order valence-electron chi connectivity index (χ3n) is 1.78. The molecule has 0 aliphatic carbocycles. The third-order valence-corrected chi connectivity index (χ3v) is 3.57. The van der Waals surface area contributed by atoms with Crippen molar-refractivity contribution in [2.75, 3.05) is 0 Å². The van der Waals surface area contributed by atoms with Crippen LogP contribution < -0.4 is 0 Å². The van der Waals surface area contributed by atoms with Crippen molar-refractivity contribution in [3.8, 4) is 0 Å². The molecule has 0 saturated carbocycles. The van der Waals surface area contributed by atoms with Gasteiger partial charge in [0, 0.05) is 0 Å². The summed E-state index contributed by atoms with van der Waals surface area (Å²) in [7, 11) is -9.23. The average molecular weight is 316 g/mol. The van der Waals surface area contributed by atoms with Gasteiger partial charge in [-0.2, -0.15) is 16.8 Å². The first kappa shape index (κ1) is 21.3. The summed E-state index contributed by atoms with van der Waals surface area (Å²) in [6.45, 7) is -0.694. The van der Waals surface area contributed by atoms with Gasteiger partial charge < -0.3 is 5.11 Å². The van der Waals surface area contributed by atoms with Crippen LogP contribution in [0, 0.1) is 0 Å². The van der Waals surface area contributed by atoms with E-state index in [1.807, 2.05) is 0 Å². The molecule has 0 unspecified atom stereocenters. The molecule has 0 heterocycles. The minimum atomic E-state index is -4.66. The van der Waals surface area contributed by atoms with Gasteiger partial charge in [0.25, 0.3) is 20.2 Å². The summed E-state index contributed by atoms with van der Waals surface area (Å²) in [5.41, 5.74) is -0.171. The number of benzene rings is 1. The minimum absolute atomic E-state index is 0. The molecule has 3 N–H and O–H groups in total. The number of hydrogen-bond acceptors (Lipinski definition) is 5. The van der Waals surface area contributed by atoms with Gasteiger partial charge in [-0.05, 0) is 17.7 Å². The molecule has 0 aliphatic heterocycles. The van der Waals surface area contributed by atoms with Crippen LogP contribution in [0.2, 0.25) is 0 Å². The summed E-state index contributed by atoms with van der Waals surface area (Å²) < 4.78 is 60.6. The van der Waals surface area contributed by atoms with Gasteiger partial charge in [-0.1, -0.05) is 6.07 Å². The van der Waals surface area contributed by atoms with Gasteiger partial charge in [-0.25, -0.2) is 0 Å². The van der Waals surface area contributed by atoms with E-state index in [9.17, 15) is 16.8 Å². The van der Waals surface area contributed by atoms with Crippen molar-refractivity contribution in [3.05, 3.63) is 23.8 Å². The molecule has 0 amide bonds. The van der Waals surface area contributed by atoms with Crippen molar-refractivity contribution in [2.45, 2.75) is 16.4 Å². The third kappa shape index (κ3) is 5.55. The Bertz CT molecular complexity index is 609. The summed E-state index contributed by atoms with van der Waals surface area (Å²) in [6, 6.07) is 2.46. The Kier molecular flexibility index (Phi) is 9.11. The maximum absolute atomic E-state index is 10.9. The molecule has 94 valence electrons. The van der Waals surface area contributed by atoms with Crippen LogP contribution in [-0.4, -0.2) is 90.2 Å². The Morgan fingerprint density at radius 2 is 1.44 bits per heavy atom. The van der Waals surface area contributed by atoms with E-state index in [1.165, 1.54) is 0 Å². The first-order valence-electron chi connectivity index (χ1n) is 3.85. The molecule has 11 heteroatoms. The fraction of sp³-hybridized carbons (Fsp3) is 0.143. The zero-order chi connectivity index (χ0) is 12.6. The number of aliphatic hydroxyl groups is 1. The van der Waals surface area contributed by atoms with Crippen LogP contribution in [0.4, 0.5) is 0 Å². The first-order valence-corrected chi connectivity index (χ1v) is 6.73. The zero-order valence-corrected chi connectivity index (χ0v) is 9.36. The quantitative estimate of drug-likeness (QED) is 0.451. The van der Waals surface area contributed by atoms with Crippen LogP contribution in [0.3, 0.4) is 0 Å². The van der Waals surface area contributed by atoms with E-state index in [0.29, 0.717) is 6.07 Å². The van der Waals surface area contributed by atoms with Crippen molar-refractivity contribution in [2.24, 2.45) is 0 Å². The fourth-order valence-corrected chi connectivity index (χ4v) is 2.39. The number of aliphatic hydroxyl groups excluding tert-OH is 1. The van der Waals surface area contributed by atoms with Gasteiger partial charge in [-0.3, -0.25) is 9.11 Å². The van der Waals surface area contributed by atoms with Crippen molar-refractivity contribution in [3.63, 3.8) is 0 Å². The van der Waals surface area contributed by atoms with Gasteiger partial charge >= 0.3 is 59.1 Å². The van der Waals surface area contributed by atoms with Crippen LogP contribution >= 0.6 is 0 Å². The summed E-state index contributed by atoms with van der Waals surface area (Å²) in [4.78, 5) is -1.44. The van der Waals surface area contributed by atoms with Crippen LogP contribution in [-0.2, 0) is 26.8 Å². The summed E-state index contributed by atoms with van der Waals surface area (Å²) >= 11 is 0. The fourth-order valence-electron chi connectivity index (χ4n) is 1.07. The topological polar surface area (TPSA) is 129 Å². The second-order valence-corrected chi connectivity index (χ2v) is 5.69. The molecule has 0 aliphatic rings. The molecule has 0 bridgehead atoms. The van der Waals surface area contributed by atoms with E-state index in [1.54, 1.807) is 0 Å². The molecule has 0 radical (unpaired) electrons. The Morgan fingerprint density at radius 1 is 0.944 bits per heavy atom. The molecule has 7 nitrogen and oxygen atoms in total. The van der Waals surface area contributed by atoms with E-state index >= 15 is 0 Å². The number of rotatable bonds is 3. The van der Waals surface area contributed by atoms with E-state index in [-0.39, 0.29) is 64.7 Å². The van der Waals surface area contributed by atoms with Crippen LogP contribution in [0.15, 0.2) is 28.0 Å². The monoisotopic (exact) mass is 316 g/mol. The molecule has 1 aromatic rings. The van der Waals surface area contributed by atoms with Gasteiger partial charge in [0.05, 0.1) is 11.5 Å². The standard InChI is InChI=1S/C7H8O7S2.2Na.2H/c8-4-5-1-2-6(15(9,10)11)3-7(5)16(12,13)14;;;;/h1-3,8H,4H2,(H,9,10,11)(H,12,13,14);;;;. The van der Waals surface area contributed by atoms with E-state index in [4.69, 9.17) is 14.2 Å². The Hall–Kier alpha value is 1.00. The van der Waals surface area contributed by atoms with E-state index in [0.717, 1.165) is 12.1 Å². The van der Waals surface area contributed by atoms with Gasteiger partial charge in [0.15, 0.2) is 0 Å². The Labute approximate surface area is 149 Å². The summed E-state index contributed by atoms with van der Waals surface area (Å²) in [5.74, 6) is 0. The molecule has 0 saturated heterocycles. The average Bonchev–Trinajstić information content (AvgIpc) is 2.14. The Morgan fingerprint density at radius 3 is 1.78 bits per heavy atom. The van der Waals surface area contributed by atoms with Crippen molar-refractivity contribution >= 4 is 79.4 Å². The molecule has 1 aromatic carbocycles.